The summed E-state index contributed by atoms with van der Waals surface area (Å²) in [5, 5.41) is 7.54. The van der Waals surface area contributed by atoms with Crippen LogP contribution in [0.5, 0.6) is 0 Å². The van der Waals surface area contributed by atoms with Crippen LogP contribution in [0, 0.1) is 0 Å². The van der Waals surface area contributed by atoms with Gasteiger partial charge in [0.25, 0.3) is 0 Å². The summed E-state index contributed by atoms with van der Waals surface area (Å²) in [5.41, 5.74) is 6.89. The molecule has 0 aliphatic carbocycles. The number of hydrogen-bond donors (Lipinski definition) is 2. The number of hydrazone groups is 1. The molecule has 1 heterocycles. The van der Waals surface area contributed by atoms with Crippen molar-refractivity contribution in [3.05, 3.63) is 35.9 Å². The summed E-state index contributed by atoms with van der Waals surface area (Å²) in [5.74, 6) is 0. The lowest BCUT2D eigenvalue weighted by Crippen LogP contribution is -2.66. The normalized spacial score (nSPS) is 22.2. The molecule has 78 valence electrons. The molecule has 1 aromatic carbocycles. The summed E-state index contributed by atoms with van der Waals surface area (Å²) >= 11 is 5.22. The maximum absolute atomic E-state index is 5.65. The van der Waals surface area contributed by atoms with Crippen LogP contribution in [0.4, 0.5) is 0 Å². The number of rotatable bonds is 2. The Morgan fingerprint density at radius 3 is 2.80 bits per heavy atom. The second kappa shape index (κ2) is 4.81. The van der Waals surface area contributed by atoms with Crippen LogP contribution >= 0.6 is 27.7 Å². The lowest BCUT2D eigenvalue weighted by molar-refractivity contribution is -0.458. The van der Waals surface area contributed by atoms with Crippen LogP contribution in [0.3, 0.4) is 0 Å². The first-order valence-corrected chi connectivity index (χ1v) is 6.34. The number of halogens is 1. The molecule has 0 spiro atoms. The van der Waals surface area contributed by atoms with E-state index in [1.54, 1.807) is 11.8 Å². The quantitative estimate of drug-likeness (QED) is 0.783. The van der Waals surface area contributed by atoms with E-state index in [1.807, 2.05) is 24.4 Å². The molecular formula is C10H11BrN3S+. The fourth-order valence-electron chi connectivity index (χ4n) is 1.34. The molecule has 1 aliphatic rings. The lowest BCUT2D eigenvalue weighted by Gasteiger charge is -2.16. The van der Waals surface area contributed by atoms with Gasteiger partial charge in [0.2, 0.25) is 5.17 Å². The fourth-order valence-corrected chi connectivity index (χ4v) is 2.92. The Morgan fingerprint density at radius 2 is 2.13 bits per heavy atom. The van der Waals surface area contributed by atoms with Gasteiger partial charge in [0, 0.05) is 5.10 Å². The molecule has 0 amide bonds. The average molecular weight is 285 g/mol. The van der Waals surface area contributed by atoms with Crippen LogP contribution in [0.25, 0.3) is 0 Å². The average Bonchev–Trinajstić information content (AvgIpc) is 2.29. The van der Waals surface area contributed by atoms with Crippen molar-refractivity contribution in [2.75, 3.05) is 0 Å². The van der Waals surface area contributed by atoms with E-state index in [1.165, 1.54) is 5.56 Å². The molecule has 0 fully saturated rings. The smallest absolute Gasteiger partial charge is 0.226 e. The minimum Gasteiger partial charge on any atom is -0.373 e. The minimum atomic E-state index is 0.241. The predicted octanol–water partition coefficient (Wildman–Crippen LogP) is 0.619. The summed E-state index contributed by atoms with van der Waals surface area (Å²) in [6, 6.07) is 10.3. The largest absolute Gasteiger partial charge is 0.373 e. The second-order valence-electron chi connectivity index (χ2n) is 3.14. The number of hydrogen-bond acceptors (Lipinski definition) is 3. The van der Waals surface area contributed by atoms with Gasteiger partial charge >= 0.3 is 0 Å². The van der Waals surface area contributed by atoms with E-state index in [-0.39, 0.29) is 10.1 Å². The number of benzene rings is 1. The number of alkyl halides is 1. The zero-order chi connectivity index (χ0) is 10.7. The van der Waals surface area contributed by atoms with Crippen molar-refractivity contribution in [2.24, 2.45) is 10.8 Å². The fraction of sp³-hybridized carbons (Fsp3) is 0.200. The number of nitrogens with two attached hydrogens (primary N) is 1. The maximum Gasteiger partial charge on any atom is 0.226 e. The molecule has 2 unspecified atom stereocenters. The first kappa shape index (κ1) is 10.7. The minimum absolute atomic E-state index is 0.241. The molecular weight excluding hydrogens is 274 g/mol. The van der Waals surface area contributed by atoms with E-state index in [4.69, 9.17) is 5.73 Å². The van der Waals surface area contributed by atoms with Gasteiger partial charge in [-0.1, -0.05) is 58.0 Å². The van der Waals surface area contributed by atoms with Gasteiger partial charge in [0.05, 0.1) is 4.83 Å². The van der Waals surface area contributed by atoms with Crippen molar-refractivity contribution in [3.8, 4) is 0 Å². The van der Waals surface area contributed by atoms with Crippen molar-refractivity contribution < 1.29 is 5.10 Å². The SMILES string of the molecule is NC1=N[NH+]=CC(C(Br)c2ccccc2)S1. The van der Waals surface area contributed by atoms with Crippen LogP contribution in [-0.4, -0.2) is 16.6 Å². The van der Waals surface area contributed by atoms with E-state index >= 15 is 0 Å². The standard InChI is InChI=1S/C10H10BrN3S/c11-9(7-4-2-1-3-5-7)8-6-13-14-10(12)15-8/h1-6,8-9H,(H2,12,14)/p+1. The van der Waals surface area contributed by atoms with Gasteiger partial charge in [0.1, 0.15) is 5.25 Å². The van der Waals surface area contributed by atoms with Crippen molar-refractivity contribution >= 4 is 39.1 Å². The predicted molar refractivity (Wildman–Crippen MR) is 68.1 cm³/mol. The van der Waals surface area contributed by atoms with Gasteiger partial charge in [-0.25, -0.2) is 0 Å². The highest BCUT2D eigenvalue weighted by atomic mass is 79.9. The Kier molecular flexibility index (Phi) is 3.43. The molecule has 0 radical (unpaired) electrons. The first-order valence-electron chi connectivity index (χ1n) is 4.55. The number of thioether (sulfide) groups is 1. The zero-order valence-corrected chi connectivity index (χ0v) is 10.3. The molecule has 2 rings (SSSR count). The van der Waals surface area contributed by atoms with Crippen LogP contribution in [0.1, 0.15) is 10.4 Å². The van der Waals surface area contributed by atoms with Crippen LogP contribution in [0.2, 0.25) is 0 Å². The Labute approximate surface area is 101 Å². The summed E-state index contributed by atoms with van der Waals surface area (Å²) < 4.78 is 0. The lowest BCUT2D eigenvalue weighted by atomic mass is 10.1. The van der Waals surface area contributed by atoms with Crippen molar-refractivity contribution in [1.29, 1.82) is 0 Å². The maximum atomic E-state index is 5.65. The first-order chi connectivity index (χ1) is 7.27. The molecule has 0 bridgehead atoms. The topological polar surface area (TPSA) is 52.3 Å². The van der Waals surface area contributed by atoms with E-state index < -0.39 is 0 Å². The van der Waals surface area contributed by atoms with E-state index in [2.05, 4.69) is 38.3 Å². The summed E-state index contributed by atoms with van der Waals surface area (Å²) in [6.45, 7) is 0. The second-order valence-corrected chi connectivity index (χ2v) is 5.33. The van der Waals surface area contributed by atoms with Crippen molar-refractivity contribution in [2.45, 2.75) is 10.1 Å². The number of nitrogens with one attached hydrogen (secondary N) is 1. The molecule has 3 nitrogen and oxygen atoms in total. The summed E-state index contributed by atoms with van der Waals surface area (Å²) in [4.78, 5) is 0.241. The van der Waals surface area contributed by atoms with Gasteiger partial charge in [-0.15, -0.1) is 5.10 Å². The van der Waals surface area contributed by atoms with Crippen LogP contribution < -0.4 is 10.8 Å². The third-order valence-corrected chi connectivity index (χ3v) is 4.54. The molecule has 1 aromatic rings. The van der Waals surface area contributed by atoms with Gasteiger partial charge < -0.3 is 5.73 Å². The Hall–Kier alpha value is -0.810. The van der Waals surface area contributed by atoms with Gasteiger partial charge in [-0.2, -0.15) is 0 Å². The third-order valence-electron chi connectivity index (χ3n) is 2.08. The van der Waals surface area contributed by atoms with Gasteiger partial charge in [-0.3, -0.25) is 0 Å². The summed E-state index contributed by atoms with van der Waals surface area (Å²) in [6.07, 6.45) is 1.94. The molecule has 3 N–H and O–H groups in total. The van der Waals surface area contributed by atoms with Gasteiger partial charge in [-0.05, 0) is 5.56 Å². The Balaban J connectivity index is 2.13. The molecule has 5 heteroatoms. The van der Waals surface area contributed by atoms with Crippen molar-refractivity contribution in [3.63, 3.8) is 0 Å². The third kappa shape index (κ3) is 2.60. The zero-order valence-electron chi connectivity index (χ0n) is 7.93. The highest BCUT2D eigenvalue weighted by Crippen LogP contribution is 2.32. The number of amidine groups is 1. The van der Waals surface area contributed by atoms with Crippen LogP contribution in [-0.2, 0) is 0 Å². The molecule has 0 saturated carbocycles. The molecule has 2 atom stereocenters. The monoisotopic (exact) mass is 284 g/mol. The number of nitrogens with zero attached hydrogens (tertiary/aromatic N) is 1. The van der Waals surface area contributed by atoms with Gasteiger partial charge in [0.15, 0.2) is 6.21 Å². The van der Waals surface area contributed by atoms with E-state index in [9.17, 15) is 0 Å². The van der Waals surface area contributed by atoms with Crippen molar-refractivity contribution in [1.82, 2.24) is 0 Å². The van der Waals surface area contributed by atoms with E-state index in [0.29, 0.717) is 5.17 Å². The molecule has 15 heavy (non-hydrogen) atoms. The molecule has 1 aliphatic heterocycles. The molecule has 0 aromatic heterocycles. The highest BCUT2D eigenvalue weighted by Gasteiger charge is 2.26. The summed E-state index contributed by atoms with van der Waals surface area (Å²) in [7, 11) is 0. The van der Waals surface area contributed by atoms with Crippen LogP contribution in [0.15, 0.2) is 35.4 Å². The Morgan fingerprint density at radius 1 is 1.40 bits per heavy atom. The highest BCUT2D eigenvalue weighted by molar-refractivity contribution is 9.09. The molecule has 0 saturated heterocycles. The Bertz CT molecular complexity index is 391. The van der Waals surface area contributed by atoms with E-state index in [0.717, 1.165) is 0 Å².